The number of ether oxygens (including phenoxy) is 2. The van der Waals surface area contributed by atoms with Gasteiger partial charge in [-0.2, -0.15) is 0 Å². The first kappa shape index (κ1) is 10.1. The van der Waals surface area contributed by atoms with Gasteiger partial charge in [0.2, 0.25) is 0 Å². The highest BCUT2D eigenvalue weighted by atomic mass is 32.1. The van der Waals surface area contributed by atoms with E-state index in [2.05, 4.69) is 18.4 Å². The number of rotatable bonds is 4. The molecule has 2 rings (SSSR count). The van der Waals surface area contributed by atoms with Crippen molar-refractivity contribution in [3.63, 3.8) is 0 Å². The largest absolute Gasteiger partial charge is 0.376 e. The summed E-state index contributed by atoms with van der Waals surface area (Å²) < 4.78 is 10.9. The van der Waals surface area contributed by atoms with Gasteiger partial charge in [-0.25, -0.2) is 0 Å². The Bertz CT molecular complexity index is 296. The third-order valence-corrected chi connectivity index (χ3v) is 3.48. The molecule has 3 nitrogen and oxygen atoms in total. The summed E-state index contributed by atoms with van der Waals surface area (Å²) in [7, 11) is 0. The van der Waals surface area contributed by atoms with Gasteiger partial charge in [-0.1, -0.05) is 0 Å². The normalized spacial score (nSPS) is 19.3. The molecule has 1 unspecified atom stereocenters. The predicted molar refractivity (Wildman–Crippen MR) is 56.5 cm³/mol. The molecule has 1 aromatic rings. The van der Waals surface area contributed by atoms with Gasteiger partial charge < -0.3 is 15.2 Å². The van der Waals surface area contributed by atoms with E-state index in [0.29, 0.717) is 19.8 Å². The third-order valence-electron chi connectivity index (χ3n) is 2.37. The first-order valence-corrected chi connectivity index (χ1v) is 5.66. The van der Waals surface area contributed by atoms with Gasteiger partial charge >= 0.3 is 0 Å². The second kappa shape index (κ2) is 4.40. The van der Waals surface area contributed by atoms with Crippen LogP contribution >= 0.6 is 11.3 Å². The third kappa shape index (κ3) is 1.98. The van der Waals surface area contributed by atoms with Crippen molar-refractivity contribution in [3.05, 3.63) is 21.9 Å². The molecule has 0 aliphatic carbocycles. The van der Waals surface area contributed by atoms with Crippen molar-refractivity contribution in [1.29, 1.82) is 0 Å². The Kier molecular flexibility index (Phi) is 3.18. The van der Waals surface area contributed by atoms with Crippen molar-refractivity contribution in [2.45, 2.75) is 19.1 Å². The highest BCUT2D eigenvalue weighted by Gasteiger charge is 2.24. The van der Waals surface area contributed by atoms with Gasteiger partial charge in [-0.15, -0.1) is 11.3 Å². The van der Waals surface area contributed by atoms with E-state index in [1.165, 1.54) is 10.4 Å². The van der Waals surface area contributed by atoms with E-state index in [-0.39, 0.29) is 12.2 Å². The minimum Gasteiger partial charge on any atom is -0.376 e. The Hall–Kier alpha value is -0.420. The Morgan fingerprint density at radius 2 is 2.50 bits per heavy atom. The zero-order chi connectivity index (χ0) is 9.97. The van der Waals surface area contributed by atoms with Crippen molar-refractivity contribution in [1.82, 2.24) is 0 Å². The van der Waals surface area contributed by atoms with E-state index < -0.39 is 0 Å². The van der Waals surface area contributed by atoms with Crippen molar-refractivity contribution >= 4 is 11.3 Å². The molecule has 1 fully saturated rings. The van der Waals surface area contributed by atoms with Crippen LogP contribution in [0.25, 0.3) is 0 Å². The Balaban J connectivity index is 2.01. The molecule has 1 aliphatic heterocycles. The number of hydrogen-bond donors (Lipinski definition) is 1. The minimum atomic E-state index is 0.0453. The van der Waals surface area contributed by atoms with Gasteiger partial charge in [0.25, 0.3) is 0 Å². The first-order valence-electron chi connectivity index (χ1n) is 4.78. The molecule has 0 radical (unpaired) electrons. The summed E-state index contributed by atoms with van der Waals surface area (Å²) in [5.74, 6) is 0. The minimum absolute atomic E-state index is 0.0453. The molecule has 0 saturated carbocycles. The highest BCUT2D eigenvalue weighted by molar-refractivity contribution is 7.10. The molecule has 1 saturated heterocycles. The van der Waals surface area contributed by atoms with Gasteiger partial charge in [0.15, 0.2) is 0 Å². The van der Waals surface area contributed by atoms with E-state index in [1.807, 2.05) is 0 Å². The lowest BCUT2D eigenvalue weighted by atomic mass is 10.2. The zero-order valence-electron chi connectivity index (χ0n) is 8.23. The molecule has 4 heteroatoms. The molecular weight excluding hydrogens is 198 g/mol. The highest BCUT2D eigenvalue weighted by Crippen LogP contribution is 2.28. The molecule has 2 heterocycles. The second-order valence-corrected chi connectivity index (χ2v) is 4.44. The maximum Gasteiger partial charge on any atom is 0.105 e. The maximum atomic E-state index is 5.82. The molecule has 2 N–H and O–H groups in total. The van der Waals surface area contributed by atoms with Crippen LogP contribution in [0.5, 0.6) is 0 Å². The summed E-state index contributed by atoms with van der Waals surface area (Å²) in [6.45, 7) is 4.05. The number of hydrogen-bond acceptors (Lipinski definition) is 4. The van der Waals surface area contributed by atoms with Crippen molar-refractivity contribution in [2.75, 3.05) is 19.8 Å². The molecule has 0 amide bonds. The Morgan fingerprint density at radius 3 is 2.93 bits per heavy atom. The van der Waals surface area contributed by atoms with E-state index in [4.69, 9.17) is 15.2 Å². The van der Waals surface area contributed by atoms with Crippen LogP contribution in [-0.2, 0) is 9.47 Å². The van der Waals surface area contributed by atoms with Crippen LogP contribution in [0.15, 0.2) is 11.4 Å². The van der Waals surface area contributed by atoms with Crippen molar-refractivity contribution in [3.8, 4) is 0 Å². The van der Waals surface area contributed by atoms with E-state index in [0.717, 1.165) is 0 Å². The topological polar surface area (TPSA) is 44.5 Å². The lowest BCUT2D eigenvalue weighted by Crippen LogP contribution is -2.38. The smallest absolute Gasteiger partial charge is 0.105 e. The molecule has 1 aromatic heterocycles. The fourth-order valence-corrected chi connectivity index (χ4v) is 2.44. The van der Waals surface area contributed by atoms with E-state index >= 15 is 0 Å². The summed E-state index contributed by atoms with van der Waals surface area (Å²) in [6.07, 6.45) is 0.286. The molecular formula is C10H15NO2S. The lowest BCUT2D eigenvalue weighted by Gasteiger charge is -2.30. The Morgan fingerprint density at radius 1 is 1.71 bits per heavy atom. The molecule has 0 aromatic carbocycles. The Labute approximate surface area is 87.8 Å². The van der Waals surface area contributed by atoms with Gasteiger partial charge in [-0.3, -0.25) is 0 Å². The molecule has 0 spiro atoms. The van der Waals surface area contributed by atoms with Crippen LogP contribution in [0.1, 0.15) is 16.5 Å². The summed E-state index contributed by atoms with van der Waals surface area (Å²) in [5.41, 5.74) is 6.97. The fraction of sp³-hybridized carbons (Fsp3) is 0.600. The van der Waals surface area contributed by atoms with Crippen LogP contribution in [0.2, 0.25) is 0 Å². The fourth-order valence-electron chi connectivity index (χ4n) is 1.46. The molecule has 14 heavy (non-hydrogen) atoms. The standard InChI is InChI=1S/C10H15NO2S/c1-7-2-3-14-10(7)9(4-11)13-8-5-12-6-8/h2-3,8-9H,4-6,11H2,1H3. The second-order valence-electron chi connectivity index (χ2n) is 3.49. The monoisotopic (exact) mass is 213 g/mol. The summed E-state index contributed by atoms with van der Waals surface area (Å²) in [6, 6.07) is 2.10. The van der Waals surface area contributed by atoms with Crippen LogP contribution in [0, 0.1) is 6.92 Å². The van der Waals surface area contributed by atoms with E-state index in [9.17, 15) is 0 Å². The van der Waals surface area contributed by atoms with Gasteiger partial charge in [-0.05, 0) is 23.9 Å². The molecule has 1 atom stereocenters. The van der Waals surface area contributed by atoms with Crippen molar-refractivity contribution < 1.29 is 9.47 Å². The summed E-state index contributed by atoms with van der Waals surface area (Å²) in [5, 5.41) is 2.08. The quantitative estimate of drug-likeness (QED) is 0.823. The SMILES string of the molecule is Cc1ccsc1C(CN)OC1COC1. The van der Waals surface area contributed by atoms with Gasteiger partial charge in [0.05, 0.1) is 13.2 Å². The molecule has 0 bridgehead atoms. The lowest BCUT2D eigenvalue weighted by molar-refractivity contribution is -0.153. The van der Waals surface area contributed by atoms with Gasteiger partial charge in [0.1, 0.15) is 12.2 Å². The van der Waals surface area contributed by atoms with Crippen LogP contribution in [0.3, 0.4) is 0 Å². The van der Waals surface area contributed by atoms with Crippen molar-refractivity contribution in [2.24, 2.45) is 5.73 Å². The van der Waals surface area contributed by atoms with Crippen LogP contribution in [-0.4, -0.2) is 25.9 Å². The van der Waals surface area contributed by atoms with E-state index in [1.54, 1.807) is 11.3 Å². The number of nitrogens with two attached hydrogens (primary N) is 1. The first-order chi connectivity index (χ1) is 6.81. The zero-order valence-corrected chi connectivity index (χ0v) is 9.05. The number of aryl methyl sites for hydroxylation is 1. The van der Waals surface area contributed by atoms with Crippen LogP contribution < -0.4 is 5.73 Å². The predicted octanol–water partition coefficient (Wildman–Crippen LogP) is 1.47. The summed E-state index contributed by atoms with van der Waals surface area (Å²) >= 11 is 1.71. The molecule has 78 valence electrons. The summed E-state index contributed by atoms with van der Waals surface area (Å²) in [4.78, 5) is 1.25. The van der Waals surface area contributed by atoms with Crippen LogP contribution in [0.4, 0.5) is 0 Å². The maximum absolute atomic E-state index is 5.82. The van der Waals surface area contributed by atoms with Gasteiger partial charge in [0, 0.05) is 11.4 Å². The average Bonchev–Trinajstić information content (AvgIpc) is 2.51. The number of thiophene rings is 1. The molecule has 1 aliphatic rings. The average molecular weight is 213 g/mol.